The van der Waals surface area contributed by atoms with E-state index in [2.05, 4.69) is 0 Å². The smallest absolute Gasteiger partial charge is 0.311 e. The third-order valence-corrected chi connectivity index (χ3v) is 2.74. The van der Waals surface area contributed by atoms with E-state index in [1.807, 2.05) is 6.07 Å². The number of hydrogen-bond donors (Lipinski definition) is 0. The van der Waals surface area contributed by atoms with Crippen LogP contribution in [-0.4, -0.2) is 36.4 Å². The van der Waals surface area contributed by atoms with Crippen molar-refractivity contribution in [2.24, 2.45) is 5.92 Å². The number of nitro groups is 1. The fourth-order valence-electron chi connectivity index (χ4n) is 1.79. The van der Waals surface area contributed by atoms with Gasteiger partial charge in [-0.15, -0.1) is 0 Å². The number of carbonyl (C=O) groups is 1. The highest BCUT2D eigenvalue weighted by Crippen LogP contribution is 2.31. The number of para-hydroxylation sites is 1. The molecule has 7 heteroatoms. The standard InChI is InChI=1S/C13H15N3O4/c1-9(7-14)8-15(2)13(17)10-5-4-6-11(16(18)19)12(10)20-3/h4-6,9H,8H2,1-3H3. The number of nitro benzene ring substituents is 1. The van der Waals surface area contributed by atoms with Crippen LogP contribution in [0.5, 0.6) is 5.75 Å². The average molecular weight is 277 g/mol. The molecule has 0 bridgehead atoms. The van der Waals surface area contributed by atoms with Gasteiger partial charge < -0.3 is 9.64 Å². The number of methoxy groups -OCH3 is 1. The van der Waals surface area contributed by atoms with E-state index < -0.39 is 10.8 Å². The van der Waals surface area contributed by atoms with E-state index in [-0.39, 0.29) is 29.5 Å². The van der Waals surface area contributed by atoms with Crippen molar-refractivity contribution in [2.75, 3.05) is 20.7 Å². The van der Waals surface area contributed by atoms with Crippen molar-refractivity contribution >= 4 is 11.6 Å². The Labute approximate surface area is 116 Å². The lowest BCUT2D eigenvalue weighted by Gasteiger charge is -2.19. The summed E-state index contributed by atoms with van der Waals surface area (Å²) >= 11 is 0. The van der Waals surface area contributed by atoms with Gasteiger partial charge in [-0.2, -0.15) is 5.26 Å². The Morgan fingerprint density at radius 3 is 2.75 bits per heavy atom. The van der Waals surface area contributed by atoms with Gasteiger partial charge in [0.05, 0.1) is 29.6 Å². The van der Waals surface area contributed by atoms with Crippen LogP contribution in [0.1, 0.15) is 17.3 Å². The van der Waals surface area contributed by atoms with E-state index in [1.54, 1.807) is 6.92 Å². The van der Waals surface area contributed by atoms with Crippen LogP contribution < -0.4 is 4.74 Å². The molecule has 7 nitrogen and oxygen atoms in total. The molecular formula is C13H15N3O4. The molecule has 1 unspecified atom stereocenters. The molecule has 1 aromatic carbocycles. The van der Waals surface area contributed by atoms with Crippen molar-refractivity contribution in [3.8, 4) is 11.8 Å². The van der Waals surface area contributed by atoms with E-state index in [4.69, 9.17) is 10.00 Å². The van der Waals surface area contributed by atoms with Crippen molar-refractivity contribution in [1.82, 2.24) is 4.90 Å². The Morgan fingerprint density at radius 2 is 2.25 bits per heavy atom. The summed E-state index contributed by atoms with van der Waals surface area (Å²) in [5.41, 5.74) is -0.158. The first kappa shape index (κ1) is 15.4. The topological polar surface area (TPSA) is 96.5 Å². The summed E-state index contributed by atoms with van der Waals surface area (Å²) in [5, 5.41) is 19.7. The maximum atomic E-state index is 12.3. The molecule has 0 aliphatic carbocycles. The Bertz CT molecular complexity index is 565. The molecule has 0 N–H and O–H groups in total. The van der Waals surface area contributed by atoms with Gasteiger partial charge in [-0.25, -0.2) is 0 Å². The van der Waals surface area contributed by atoms with Gasteiger partial charge in [0.2, 0.25) is 5.75 Å². The molecule has 0 spiro atoms. The third-order valence-electron chi connectivity index (χ3n) is 2.74. The molecule has 1 amide bonds. The molecule has 0 aliphatic rings. The largest absolute Gasteiger partial charge is 0.490 e. The number of amides is 1. The van der Waals surface area contributed by atoms with Crippen molar-refractivity contribution in [1.29, 1.82) is 5.26 Å². The highest BCUT2D eigenvalue weighted by molar-refractivity contribution is 5.98. The summed E-state index contributed by atoms with van der Waals surface area (Å²) in [4.78, 5) is 23.9. The van der Waals surface area contributed by atoms with E-state index >= 15 is 0 Å². The molecule has 106 valence electrons. The summed E-state index contributed by atoms with van der Waals surface area (Å²) in [6.07, 6.45) is 0. The summed E-state index contributed by atoms with van der Waals surface area (Å²) in [7, 11) is 2.81. The van der Waals surface area contributed by atoms with Crippen LogP contribution in [0.2, 0.25) is 0 Å². The normalized spacial score (nSPS) is 11.3. The lowest BCUT2D eigenvalue weighted by atomic mass is 10.1. The van der Waals surface area contributed by atoms with Gasteiger partial charge in [0.25, 0.3) is 5.91 Å². The minimum Gasteiger partial charge on any atom is -0.490 e. The van der Waals surface area contributed by atoms with Crippen molar-refractivity contribution in [2.45, 2.75) is 6.92 Å². The van der Waals surface area contributed by atoms with Crippen molar-refractivity contribution < 1.29 is 14.5 Å². The average Bonchev–Trinajstić information content (AvgIpc) is 2.44. The van der Waals surface area contributed by atoms with Gasteiger partial charge in [0, 0.05) is 19.7 Å². The summed E-state index contributed by atoms with van der Waals surface area (Å²) < 4.78 is 4.99. The van der Waals surface area contributed by atoms with Gasteiger partial charge in [-0.05, 0) is 13.0 Å². The summed E-state index contributed by atoms with van der Waals surface area (Å²) in [6, 6.07) is 6.18. The lowest BCUT2D eigenvalue weighted by molar-refractivity contribution is -0.385. The molecule has 1 rings (SSSR count). The first-order valence-electron chi connectivity index (χ1n) is 5.88. The Hall–Kier alpha value is -2.62. The number of ether oxygens (including phenoxy) is 1. The minimum atomic E-state index is -0.604. The molecule has 0 aromatic heterocycles. The number of carbonyl (C=O) groups excluding carboxylic acids is 1. The third kappa shape index (κ3) is 3.23. The zero-order chi connectivity index (χ0) is 15.3. The number of hydrogen-bond acceptors (Lipinski definition) is 5. The van der Waals surface area contributed by atoms with Crippen LogP contribution in [0, 0.1) is 27.4 Å². The van der Waals surface area contributed by atoms with Gasteiger partial charge in [0.15, 0.2) is 0 Å². The Balaban J connectivity index is 3.13. The fraction of sp³-hybridized carbons (Fsp3) is 0.385. The maximum absolute atomic E-state index is 12.3. The molecule has 0 fully saturated rings. The lowest BCUT2D eigenvalue weighted by Crippen LogP contribution is -2.31. The number of rotatable bonds is 5. The van der Waals surface area contributed by atoms with Gasteiger partial charge in [0.1, 0.15) is 0 Å². The Kier molecular flexibility index (Phi) is 5.03. The van der Waals surface area contributed by atoms with Crippen LogP contribution >= 0.6 is 0 Å². The zero-order valence-electron chi connectivity index (χ0n) is 11.5. The van der Waals surface area contributed by atoms with E-state index in [1.165, 1.54) is 37.3 Å². The predicted molar refractivity (Wildman–Crippen MR) is 71.4 cm³/mol. The molecule has 0 aliphatic heterocycles. The fourth-order valence-corrected chi connectivity index (χ4v) is 1.79. The molecule has 0 saturated carbocycles. The molecule has 0 radical (unpaired) electrons. The molecular weight excluding hydrogens is 262 g/mol. The van der Waals surface area contributed by atoms with Crippen molar-refractivity contribution in [3.63, 3.8) is 0 Å². The Morgan fingerprint density at radius 1 is 1.60 bits per heavy atom. The summed E-state index contributed by atoms with van der Waals surface area (Å²) in [5.74, 6) is -0.819. The number of benzene rings is 1. The first-order chi connectivity index (χ1) is 9.42. The highest BCUT2D eigenvalue weighted by atomic mass is 16.6. The highest BCUT2D eigenvalue weighted by Gasteiger charge is 2.24. The van der Waals surface area contributed by atoms with E-state index in [9.17, 15) is 14.9 Å². The van der Waals surface area contributed by atoms with Crippen LogP contribution in [0.15, 0.2) is 18.2 Å². The molecule has 20 heavy (non-hydrogen) atoms. The molecule has 0 saturated heterocycles. The van der Waals surface area contributed by atoms with Crippen LogP contribution in [0.25, 0.3) is 0 Å². The van der Waals surface area contributed by atoms with Crippen LogP contribution in [0.4, 0.5) is 5.69 Å². The van der Waals surface area contributed by atoms with Gasteiger partial charge in [-0.3, -0.25) is 14.9 Å². The maximum Gasteiger partial charge on any atom is 0.311 e. The second kappa shape index (κ2) is 6.52. The summed E-state index contributed by atoms with van der Waals surface area (Å²) in [6.45, 7) is 1.93. The first-order valence-corrected chi connectivity index (χ1v) is 5.88. The second-order valence-corrected chi connectivity index (χ2v) is 4.33. The SMILES string of the molecule is COc1c(C(=O)N(C)CC(C)C#N)cccc1[N+](=O)[O-]. The van der Waals surface area contributed by atoms with E-state index in [0.717, 1.165) is 0 Å². The van der Waals surface area contributed by atoms with E-state index in [0.29, 0.717) is 0 Å². The molecule has 0 heterocycles. The quantitative estimate of drug-likeness (QED) is 0.604. The minimum absolute atomic E-state index is 0.0704. The predicted octanol–water partition coefficient (Wildman–Crippen LogP) is 1.84. The van der Waals surface area contributed by atoms with Crippen LogP contribution in [-0.2, 0) is 0 Å². The van der Waals surface area contributed by atoms with Crippen LogP contribution in [0.3, 0.4) is 0 Å². The zero-order valence-corrected chi connectivity index (χ0v) is 11.5. The van der Waals surface area contributed by atoms with Gasteiger partial charge >= 0.3 is 5.69 Å². The van der Waals surface area contributed by atoms with Gasteiger partial charge in [-0.1, -0.05) is 6.07 Å². The number of nitrogens with zero attached hydrogens (tertiary/aromatic N) is 3. The molecule has 1 atom stereocenters. The molecule has 1 aromatic rings. The van der Waals surface area contributed by atoms with Crippen molar-refractivity contribution in [3.05, 3.63) is 33.9 Å². The monoisotopic (exact) mass is 277 g/mol. The second-order valence-electron chi connectivity index (χ2n) is 4.33. The number of nitriles is 1.